The topological polar surface area (TPSA) is 42.1 Å². The lowest BCUT2D eigenvalue weighted by Crippen LogP contribution is -2.07. The van der Waals surface area contributed by atoms with Gasteiger partial charge in [-0.3, -0.25) is 0 Å². The molecule has 3 nitrogen and oxygen atoms in total. The van der Waals surface area contributed by atoms with Gasteiger partial charge in [-0.05, 0) is 41.8 Å². The van der Waals surface area contributed by atoms with Crippen molar-refractivity contribution in [3.8, 4) is 5.75 Å². The fourth-order valence-corrected chi connectivity index (χ4v) is 2.40. The lowest BCUT2D eigenvalue weighted by atomic mass is 10.0. The van der Waals surface area contributed by atoms with Gasteiger partial charge in [0.25, 0.3) is 0 Å². The van der Waals surface area contributed by atoms with Crippen molar-refractivity contribution in [3.05, 3.63) is 65.9 Å². The smallest absolute Gasteiger partial charge is 0.343 e. The number of ether oxygens (including phenoxy) is 1. The lowest BCUT2D eigenvalue weighted by molar-refractivity contribution is 0.0735. The molecule has 0 aliphatic carbocycles. The van der Waals surface area contributed by atoms with Gasteiger partial charge in [0.2, 0.25) is 0 Å². The highest BCUT2D eigenvalue weighted by Crippen LogP contribution is 2.28. The molecule has 0 fully saturated rings. The van der Waals surface area contributed by atoms with E-state index in [1.54, 1.807) is 12.1 Å². The van der Waals surface area contributed by atoms with Gasteiger partial charge < -0.3 is 9.72 Å². The number of esters is 1. The van der Waals surface area contributed by atoms with Crippen LogP contribution in [0.4, 0.5) is 0 Å². The molecule has 1 heterocycles. The third-order valence-electron chi connectivity index (χ3n) is 3.53. The van der Waals surface area contributed by atoms with Crippen LogP contribution in [-0.4, -0.2) is 11.0 Å². The summed E-state index contributed by atoms with van der Waals surface area (Å²) in [6.45, 7) is 4.29. The van der Waals surface area contributed by atoms with Crippen LogP contribution in [0.15, 0.2) is 54.7 Å². The molecule has 0 aliphatic heterocycles. The molecule has 3 rings (SSSR count). The van der Waals surface area contributed by atoms with Gasteiger partial charge in [0, 0.05) is 17.1 Å². The molecule has 0 radical (unpaired) electrons. The van der Waals surface area contributed by atoms with E-state index in [2.05, 4.69) is 18.8 Å². The van der Waals surface area contributed by atoms with E-state index < -0.39 is 0 Å². The first-order chi connectivity index (χ1) is 10.1. The summed E-state index contributed by atoms with van der Waals surface area (Å²) in [7, 11) is 0. The molecule has 0 saturated heterocycles. The summed E-state index contributed by atoms with van der Waals surface area (Å²) in [4.78, 5) is 15.3. The number of H-pyrrole nitrogens is 1. The van der Waals surface area contributed by atoms with Crippen LogP contribution in [-0.2, 0) is 0 Å². The Hall–Kier alpha value is -2.55. The molecule has 1 aromatic heterocycles. The third kappa shape index (κ3) is 2.68. The molecule has 3 heteroatoms. The highest BCUT2D eigenvalue weighted by molar-refractivity contribution is 5.92. The molecule has 0 amide bonds. The summed E-state index contributed by atoms with van der Waals surface area (Å²) in [6, 6.07) is 14.7. The summed E-state index contributed by atoms with van der Waals surface area (Å²) in [5, 5.41) is 1.10. The van der Waals surface area contributed by atoms with Gasteiger partial charge in [0.15, 0.2) is 0 Å². The van der Waals surface area contributed by atoms with E-state index in [0.29, 0.717) is 17.2 Å². The van der Waals surface area contributed by atoms with Crippen molar-refractivity contribution in [3.63, 3.8) is 0 Å². The van der Waals surface area contributed by atoms with Gasteiger partial charge in [-0.25, -0.2) is 4.79 Å². The molecule has 106 valence electrons. The Balaban J connectivity index is 1.91. The van der Waals surface area contributed by atoms with Crippen LogP contribution < -0.4 is 4.74 Å². The average molecular weight is 279 g/mol. The van der Waals surface area contributed by atoms with Crippen molar-refractivity contribution in [1.29, 1.82) is 0 Å². The number of carbonyl (C=O) groups excluding carboxylic acids is 1. The van der Waals surface area contributed by atoms with E-state index in [9.17, 15) is 4.79 Å². The molecule has 0 aliphatic rings. The Morgan fingerprint density at radius 1 is 1.10 bits per heavy atom. The number of aromatic nitrogens is 1. The van der Waals surface area contributed by atoms with Gasteiger partial charge in [0.05, 0.1) is 5.56 Å². The molecule has 0 spiro atoms. The Morgan fingerprint density at radius 3 is 2.57 bits per heavy atom. The van der Waals surface area contributed by atoms with E-state index in [1.165, 1.54) is 5.56 Å². The maximum atomic E-state index is 12.1. The maximum Gasteiger partial charge on any atom is 0.343 e. The maximum absolute atomic E-state index is 12.1. The fourth-order valence-electron chi connectivity index (χ4n) is 2.40. The number of hydrogen-bond acceptors (Lipinski definition) is 2. The van der Waals surface area contributed by atoms with Gasteiger partial charge in [-0.1, -0.05) is 32.0 Å². The Bertz CT molecular complexity index is 772. The van der Waals surface area contributed by atoms with Crippen LogP contribution in [0.5, 0.6) is 5.75 Å². The van der Waals surface area contributed by atoms with Crippen molar-refractivity contribution < 1.29 is 9.53 Å². The molecule has 0 bridgehead atoms. The first kappa shape index (κ1) is 13.4. The quantitative estimate of drug-likeness (QED) is 0.566. The van der Waals surface area contributed by atoms with Crippen molar-refractivity contribution in [2.45, 2.75) is 19.8 Å². The third-order valence-corrected chi connectivity index (χ3v) is 3.53. The number of aromatic amines is 1. The zero-order valence-corrected chi connectivity index (χ0v) is 12.1. The minimum atomic E-state index is -0.336. The van der Waals surface area contributed by atoms with Crippen LogP contribution in [0, 0.1) is 0 Å². The second kappa shape index (κ2) is 5.44. The fraction of sp³-hybridized carbons (Fsp3) is 0.167. The van der Waals surface area contributed by atoms with Crippen molar-refractivity contribution in [1.82, 2.24) is 4.98 Å². The SMILES string of the molecule is CC(C)c1c[nH]c2ccc(OC(=O)c3ccccc3)cc12. The predicted molar refractivity (Wildman–Crippen MR) is 83.8 cm³/mol. The zero-order valence-electron chi connectivity index (χ0n) is 12.1. The second-order valence-electron chi connectivity index (χ2n) is 5.36. The molecular formula is C18H17NO2. The largest absolute Gasteiger partial charge is 0.423 e. The van der Waals surface area contributed by atoms with Gasteiger partial charge in [0.1, 0.15) is 5.75 Å². The van der Waals surface area contributed by atoms with Crippen LogP contribution in [0.1, 0.15) is 35.7 Å². The number of fused-ring (bicyclic) bond motifs is 1. The van der Waals surface area contributed by atoms with Gasteiger partial charge in [-0.2, -0.15) is 0 Å². The van der Waals surface area contributed by atoms with E-state index in [-0.39, 0.29) is 5.97 Å². The first-order valence-corrected chi connectivity index (χ1v) is 7.03. The molecule has 2 aromatic carbocycles. The summed E-state index contributed by atoms with van der Waals surface area (Å²) < 4.78 is 5.46. The van der Waals surface area contributed by atoms with Crippen LogP contribution >= 0.6 is 0 Å². The molecule has 0 unspecified atom stereocenters. The van der Waals surface area contributed by atoms with Crippen molar-refractivity contribution in [2.75, 3.05) is 0 Å². The summed E-state index contributed by atoms with van der Waals surface area (Å²) >= 11 is 0. The highest BCUT2D eigenvalue weighted by Gasteiger charge is 2.11. The summed E-state index contributed by atoms with van der Waals surface area (Å²) in [6.07, 6.45) is 2.01. The molecule has 0 saturated carbocycles. The number of rotatable bonds is 3. The number of benzene rings is 2. The van der Waals surface area contributed by atoms with Crippen LogP contribution in [0.3, 0.4) is 0 Å². The first-order valence-electron chi connectivity index (χ1n) is 7.03. The summed E-state index contributed by atoms with van der Waals surface area (Å²) in [5.41, 5.74) is 2.83. The summed E-state index contributed by atoms with van der Waals surface area (Å²) in [5.74, 6) is 0.647. The molecular weight excluding hydrogens is 262 g/mol. The van der Waals surface area contributed by atoms with Gasteiger partial charge in [-0.15, -0.1) is 0 Å². The van der Waals surface area contributed by atoms with E-state index in [0.717, 1.165) is 10.9 Å². The Morgan fingerprint density at radius 2 is 1.86 bits per heavy atom. The van der Waals surface area contributed by atoms with Crippen LogP contribution in [0.2, 0.25) is 0 Å². The predicted octanol–water partition coefficient (Wildman–Crippen LogP) is 4.51. The minimum absolute atomic E-state index is 0.336. The number of carbonyl (C=O) groups is 1. The highest BCUT2D eigenvalue weighted by atomic mass is 16.5. The second-order valence-corrected chi connectivity index (χ2v) is 5.36. The average Bonchev–Trinajstić information content (AvgIpc) is 2.91. The molecule has 3 aromatic rings. The normalized spacial score (nSPS) is 11.0. The number of nitrogens with one attached hydrogen (secondary N) is 1. The molecule has 21 heavy (non-hydrogen) atoms. The standard InChI is InChI=1S/C18H17NO2/c1-12(2)16-11-19-17-9-8-14(10-15(16)17)21-18(20)13-6-4-3-5-7-13/h3-12,19H,1-2H3. The Kier molecular flexibility index (Phi) is 3.48. The van der Waals surface area contributed by atoms with Crippen molar-refractivity contribution >= 4 is 16.9 Å². The van der Waals surface area contributed by atoms with E-state index in [1.807, 2.05) is 42.6 Å². The molecule has 0 atom stereocenters. The van der Waals surface area contributed by atoms with Crippen LogP contribution in [0.25, 0.3) is 10.9 Å². The van der Waals surface area contributed by atoms with E-state index in [4.69, 9.17) is 4.74 Å². The van der Waals surface area contributed by atoms with Gasteiger partial charge >= 0.3 is 5.97 Å². The Labute approximate surface area is 123 Å². The monoisotopic (exact) mass is 279 g/mol. The molecule has 1 N–H and O–H groups in total. The van der Waals surface area contributed by atoms with E-state index >= 15 is 0 Å². The lowest BCUT2D eigenvalue weighted by Gasteiger charge is -2.06. The zero-order chi connectivity index (χ0) is 14.8. The minimum Gasteiger partial charge on any atom is -0.423 e. The number of hydrogen-bond donors (Lipinski definition) is 1. The van der Waals surface area contributed by atoms with Crippen molar-refractivity contribution in [2.24, 2.45) is 0 Å².